The van der Waals surface area contributed by atoms with Gasteiger partial charge >= 0.3 is 0 Å². The maximum atomic E-state index is 13.1. The Morgan fingerprint density at radius 3 is 0.976 bits per heavy atom. The van der Waals surface area contributed by atoms with E-state index >= 15 is 0 Å². The van der Waals surface area contributed by atoms with Crippen molar-refractivity contribution in [3.05, 3.63) is 10.4 Å². The van der Waals surface area contributed by atoms with Crippen molar-refractivity contribution in [2.45, 2.75) is 232 Å². The van der Waals surface area contributed by atoms with Crippen LogP contribution in [-0.2, 0) is 57.2 Å². The first-order valence-corrected chi connectivity index (χ1v) is 31.9. The minimum Gasteiger partial charge on any atom is -0.381 e. The SMILES string of the molecule is CCCCCCCCCCCCCCCC(=O)NCCOCCNC(=O)CCOCCNC(=O)CC[C@H](NC(=O)CCOCCN=[N+]=[N-])C(=O)NCCOCCC(=O)NCCOCCNC(=O)CCCCCCCCCCCCCCC. The molecule has 0 radical (unpaired) electrons. The number of amides is 7. The van der Waals surface area contributed by atoms with Gasteiger partial charge in [-0.2, -0.15) is 0 Å². The summed E-state index contributed by atoms with van der Waals surface area (Å²) >= 11 is 0. The van der Waals surface area contributed by atoms with Crippen molar-refractivity contribution in [1.29, 1.82) is 0 Å². The molecule has 0 aliphatic rings. The molecule has 0 fully saturated rings. The molecule has 1 atom stereocenters. The van der Waals surface area contributed by atoms with Gasteiger partial charge in [0.2, 0.25) is 41.4 Å². The van der Waals surface area contributed by atoms with Gasteiger partial charge < -0.3 is 60.9 Å². The van der Waals surface area contributed by atoms with E-state index in [0.29, 0.717) is 65.4 Å². The average molecular weight is 1170 g/mol. The molecule has 22 heteroatoms. The van der Waals surface area contributed by atoms with Crippen LogP contribution in [0.5, 0.6) is 0 Å². The Labute approximate surface area is 493 Å². The molecule has 0 saturated carbocycles. The number of unbranched alkanes of at least 4 members (excludes halogenated alkanes) is 24. The van der Waals surface area contributed by atoms with Crippen LogP contribution in [0.1, 0.15) is 226 Å². The van der Waals surface area contributed by atoms with Crippen molar-refractivity contribution >= 4 is 41.4 Å². The zero-order valence-corrected chi connectivity index (χ0v) is 51.2. The Bertz CT molecular complexity index is 1630. The molecule has 0 saturated heterocycles. The molecule has 0 rings (SSSR count). The van der Waals surface area contributed by atoms with Crippen LogP contribution in [0.15, 0.2) is 5.11 Å². The van der Waals surface area contributed by atoms with Crippen LogP contribution in [-0.4, -0.2) is 159 Å². The number of carbonyl (C=O) groups excluding carboxylic acids is 7. The molecule has 0 aromatic heterocycles. The normalized spacial score (nSPS) is 11.3. The third-order valence-corrected chi connectivity index (χ3v) is 13.5. The molecule has 0 aromatic carbocycles. The van der Waals surface area contributed by atoms with Gasteiger partial charge in [0.05, 0.1) is 66.1 Å². The van der Waals surface area contributed by atoms with E-state index in [1.165, 1.54) is 141 Å². The van der Waals surface area contributed by atoms with E-state index in [2.05, 4.69) is 61.1 Å². The predicted octanol–water partition coefficient (Wildman–Crippen LogP) is 8.47. The van der Waals surface area contributed by atoms with Gasteiger partial charge in [-0.25, -0.2) is 0 Å². The zero-order valence-electron chi connectivity index (χ0n) is 51.2. The van der Waals surface area contributed by atoms with Crippen molar-refractivity contribution in [3.8, 4) is 0 Å². The first-order chi connectivity index (χ1) is 40.1. The number of azide groups is 1. The van der Waals surface area contributed by atoms with E-state index in [1.807, 2.05) is 0 Å². The van der Waals surface area contributed by atoms with Crippen molar-refractivity contribution in [2.75, 3.05) is 112 Å². The fourth-order valence-electron chi connectivity index (χ4n) is 8.70. The third-order valence-electron chi connectivity index (χ3n) is 13.5. The highest BCUT2D eigenvalue weighted by atomic mass is 16.5. The number of ether oxygens (including phenoxy) is 5. The van der Waals surface area contributed by atoms with Crippen LogP contribution in [0.4, 0.5) is 0 Å². The summed E-state index contributed by atoms with van der Waals surface area (Å²) in [5, 5.41) is 22.7. The van der Waals surface area contributed by atoms with Gasteiger partial charge in [0.25, 0.3) is 0 Å². The molecule has 7 N–H and O–H groups in total. The molecule has 22 nitrogen and oxygen atoms in total. The zero-order chi connectivity index (χ0) is 59.9. The summed E-state index contributed by atoms with van der Waals surface area (Å²) in [6.45, 7) is 8.37. The summed E-state index contributed by atoms with van der Waals surface area (Å²) in [6.07, 6.45) is 34.1. The van der Waals surface area contributed by atoms with E-state index in [0.717, 1.165) is 25.7 Å². The van der Waals surface area contributed by atoms with Gasteiger partial charge in [0, 0.05) is 89.2 Å². The molecule has 0 heterocycles. The van der Waals surface area contributed by atoms with E-state index in [9.17, 15) is 33.6 Å². The monoisotopic (exact) mass is 1170 g/mol. The summed E-state index contributed by atoms with van der Waals surface area (Å²) in [7, 11) is 0. The smallest absolute Gasteiger partial charge is 0.242 e. The lowest BCUT2D eigenvalue weighted by Gasteiger charge is -2.18. The minimum atomic E-state index is -1.04. The average Bonchev–Trinajstić information content (AvgIpc) is 3.46. The highest BCUT2D eigenvalue weighted by molar-refractivity contribution is 5.88. The van der Waals surface area contributed by atoms with E-state index in [1.54, 1.807) is 0 Å². The summed E-state index contributed by atoms with van der Waals surface area (Å²) in [6, 6.07) is -1.04. The first kappa shape index (κ1) is 77.4. The Morgan fingerprint density at radius 1 is 0.341 bits per heavy atom. The fourth-order valence-corrected chi connectivity index (χ4v) is 8.70. The fraction of sp³-hybridized carbons (Fsp3) is 0.883. The second-order valence-electron chi connectivity index (χ2n) is 21.0. The summed E-state index contributed by atoms with van der Waals surface area (Å²) < 4.78 is 27.4. The van der Waals surface area contributed by atoms with Gasteiger partial charge in [-0.3, -0.25) is 33.6 Å². The Morgan fingerprint density at radius 2 is 0.622 bits per heavy atom. The van der Waals surface area contributed by atoms with Gasteiger partial charge in [0.1, 0.15) is 6.04 Å². The Balaban J connectivity index is 4.13. The Kier molecular flexibility index (Phi) is 58.9. The van der Waals surface area contributed by atoms with E-state index in [-0.39, 0.29) is 121 Å². The van der Waals surface area contributed by atoms with Crippen LogP contribution < -0.4 is 37.2 Å². The number of rotatable bonds is 63. The highest BCUT2D eigenvalue weighted by Crippen LogP contribution is 2.14. The first-order valence-electron chi connectivity index (χ1n) is 31.9. The molecule has 0 bridgehead atoms. The molecule has 0 unspecified atom stereocenters. The molecule has 476 valence electrons. The molecule has 0 aliphatic heterocycles. The van der Waals surface area contributed by atoms with E-state index in [4.69, 9.17) is 29.2 Å². The number of hydrogen-bond acceptors (Lipinski definition) is 13. The van der Waals surface area contributed by atoms with Crippen molar-refractivity contribution in [3.63, 3.8) is 0 Å². The molecule has 0 aromatic rings. The second kappa shape index (κ2) is 62.4. The van der Waals surface area contributed by atoms with E-state index < -0.39 is 17.9 Å². The largest absolute Gasteiger partial charge is 0.381 e. The van der Waals surface area contributed by atoms with Gasteiger partial charge in [0.15, 0.2) is 0 Å². The second-order valence-corrected chi connectivity index (χ2v) is 21.0. The molecular weight excluding hydrogens is 1050 g/mol. The summed E-state index contributed by atoms with van der Waals surface area (Å²) in [4.78, 5) is 89.8. The van der Waals surface area contributed by atoms with Gasteiger partial charge in [-0.1, -0.05) is 173 Å². The third kappa shape index (κ3) is 58.6. The number of nitrogens with one attached hydrogen (secondary N) is 7. The topological polar surface area (TPSA) is 299 Å². The molecule has 7 amide bonds. The minimum absolute atomic E-state index is 0.00101. The number of nitrogens with zero attached hydrogens (tertiary/aromatic N) is 3. The molecule has 82 heavy (non-hydrogen) atoms. The Hall–Kier alpha value is -4.60. The van der Waals surface area contributed by atoms with Gasteiger partial charge in [-0.15, -0.1) is 0 Å². The van der Waals surface area contributed by atoms with Crippen LogP contribution in [0, 0.1) is 0 Å². The standard InChI is InChI=1S/C60H114N10O12/c1-3-5-7-9-11-13-15-17-19-21-23-25-27-29-54(71)62-37-47-81-49-39-65-57(74)33-43-78-46-36-64-56(73)32-31-53(69-59(76)35-45-80-52-42-68-70-61)60(77)67-41-51-79-44-34-58(75)66-40-50-82-48-38-63-55(72)30-28-26-24-22-20-18-16-14-12-10-8-6-4-2/h53H,3-52H2,1-2H3,(H,62,71)(H,63,72)(H,64,73)(H,65,74)(H,66,75)(H,67,77)(H,69,76)/t53-/m0/s1. The number of hydrogen-bond donors (Lipinski definition) is 7. The predicted molar refractivity (Wildman–Crippen MR) is 322 cm³/mol. The van der Waals surface area contributed by atoms with Crippen LogP contribution in [0.25, 0.3) is 10.4 Å². The van der Waals surface area contributed by atoms with Crippen LogP contribution in [0.2, 0.25) is 0 Å². The summed E-state index contributed by atoms with van der Waals surface area (Å²) in [5.74, 6) is -1.72. The van der Waals surface area contributed by atoms with Gasteiger partial charge in [-0.05, 0) is 24.8 Å². The van der Waals surface area contributed by atoms with Crippen molar-refractivity contribution in [2.24, 2.45) is 5.11 Å². The highest BCUT2D eigenvalue weighted by Gasteiger charge is 2.22. The lowest BCUT2D eigenvalue weighted by molar-refractivity contribution is -0.130. The maximum Gasteiger partial charge on any atom is 0.242 e. The van der Waals surface area contributed by atoms with Crippen molar-refractivity contribution < 1.29 is 57.2 Å². The number of carbonyl (C=O) groups is 7. The summed E-state index contributed by atoms with van der Waals surface area (Å²) in [5.41, 5.74) is 8.41. The maximum absolute atomic E-state index is 13.1. The lowest BCUT2D eigenvalue weighted by atomic mass is 10.0. The molecular formula is C60H114N10O12. The van der Waals surface area contributed by atoms with Crippen LogP contribution >= 0.6 is 0 Å². The van der Waals surface area contributed by atoms with Crippen molar-refractivity contribution in [1.82, 2.24) is 37.2 Å². The van der Waals surface area contributed by atoms with Crippen LogP contribution in [0.3, 0.4) is 0 Å². The molecule has 0 spiro atoms. The quantitative estimate of drug-likeness (QED) is 0.0131. The molecule has 0 aliphatic carbocycles. The lowest BCUT2D eigenvalue weighted by Crippen LogP contribution is -2.48.